The summed E-state index contributed by atoms with van der Waals surface area (Å²) < 4.78 is 8.37. The van der Waals surface area contributed by atoms with Crippen LogP contribution in [-0.2, 0) is 12.5 Å². The highest BCUT2D eigenvalue weighted by atomic mass is 16.3. The molecule has 0 aliphatic heterocycles. The van der Waals surface area contributed by atoms with E-state index in [0.717, 1.165) is 40.3 Å². The van der Waals surface area contributed by atoms with Crippen LogP contribution in [0.4, 0.5) is 0 Å². The molecule has 0 radical (unpaired) electrons. The topological polar surface area (TPSA) is 66.6 Å². The first-order chi connectivity index (χ1) is 33.9. The van der Waals surface area contributed by atoms with Crippen LogP contribution in [0, 0.1) is 12.3 Å². The number of hydrogen-bond acceptors (Lipinski definition) is 2. The average molecular weight is 889 g/mol. The molecule has 5 heteroatoms. The lowest BCUT2D eigenvalue weighted by Gasteiger charge is -2.30. The van der Waals surface area contributed by atoms with Gasteiger partial charge in [0.25, 0.3) is 0 Å². The van der Waals surface area contributed by atoms with E-state index in [9.17, 15) is 0 Å². The lowest BCUT2D eigenvalue weighted by Crippen LogP contribution is -2.25. The average Bonchev–Trinajstić information content (AvgIpc) is 4.08. The molecular formula is C64H48N4O. The highest BCUT2D eigenvalue weighted by Crippen LogP contribution is 2.63. The van der Waals surface area contributed by atoms with Crippen molar-refractivity contribution < 1.29 is 4.42 Å². The van der Waals surface area contributed by atoms with Crippen LogP contribution in [0.1, 0.15) is 69.7 Å². The minimum absolute atomic E-state index is 0.139. The number of benzene rings is 9. The Labute approximate surface area is 401 Å². The monoisotopic (exact) mass is 888 g/mol. The minimum Gasteiger partial charge on any atom is -0.456 e. The SMILES string of the molecule is C=NC(=NC(=N)c1ccc2c(c1)oc1ccccc12)c1cccc(-c2ccccc2C)c1C1CCC1.Cn1c2ccccc2c2cc3c(cc21)-c1ccccc1C31c2ccccc2-c2ccccc21. The Kier molecular flexibility index (Phi) is 9.38. The normalized spacial score (nSPS) is 14.3. The fraction of sp³-hybridized carbons (Fsp3) is 0.109. The zero-order valence-corrected chi connectivity index (χ0v) is 38.6. The molecule has 1 saturated carbocycles. The molecule has 5 nitrogen and oxygen atoms in total. The van der Waals surface area contributed by atoms with Crippen molar-refractivity contribution in [1.29, 1.82) is 5.41 Å². The maximum absolute atomic E-state index is 8.79. The maximum atomic E-state index is 8.79. The molecule has 14 rings (SSSR count). The molecule has 9 aromatic carbocycles. The van der Waals surface area contributed by atoms with Gasteiger partial charge in [-0.05, 0) is 136 Å². The van der Waals surface area contributed by atoms with Crippen molar-refractivity contribution in [3.8, 4) is 33.4 Å². The Balaban J connectivity index is 0.000000136. The van der Waals surface area contributed by atoms with E-state index in [2.05, 4.69) is 187 Å². The van der Waals surface area contributed by atoms with Gasteiger partial charge in [-0.25, -0.2) is 9.98 Å². The van der Waals surface area contributed by atoms with Crippen LogP contribution in [-0.4, -0.2) is 23.0 Å². The molecular weight excluding hydrogens is 841 g/mol. The van der Waals surface area contributed by atoms with Crippen molar-refractivity contribution in [3.63, 3.8) is 0 Å². The van der Waals surface area contributed by atoms with E-state index in [1.807, 2.05) is 42.5 Å². The Hall–Kier alpha value is -8.41. The lowest BCUT2D eigenvalue weighted by atomic mass is 9.70. The molecule has 330 valence electrons. The standard InChI is InChI=1S/C32H27N3O.C32H21N/c1-20-9-3-4-12-23(20)26-14-8-15-27(30(26)21-10-7-11-21)32(34-2)35-31(33)22-17-18-25-24-13-5-6-16-28(24)36-29(25)19-22;1-33-30-17-9-5-13-23(30)25-18-29-24(19-31(25)33)22-12-4-8-16-28(22)32(29)26-14-6-2-10-20(26)21-11-3-7-15-27(21)32/h3-6,8-9,12-19,21,33H,2,7,10-11H2,1H3;2-19H,1H3. The number of rotatable bonds is 4. The van der Waals surface area contributed by atoms with E-state index in [-0.39, 0.29) is 11.3 Å². The van der Waals surface area contributed by atoms with E-state index in [0.29, 0.717) is 17.3 Å². The molecule has 0 saturated heterocycles. The molecule has 0 unspecified atom stereocenters. The van der Waals surface area contributed by atoms with Gasteiger partial charge in [0, 0.05) is 50.8 Å². The summed E-state index contributed by atoms with van der Waals surface area (Å²) >= 11 is 0. The Morgan fingerprint density at radius 3 is 1.83 bits per heavy atom. The Bertz CT molecular complexity index is 3930. The minimum atomic E-state index is -0.274. The van der Waals surface area contributed by atoms with Crippen molar-refractivity contribution in [2.75, 3.05) is 0 Å². The van der Waals surface area contributed by atoms with Crippen LogP contribution in [0.2, 0.25) is 0 Å². The smallest absolute Gasteiger partial charge is 0.161 e. The second-order valence-electron chi connectivity index (χ2n) is 18.8. The van der Waals surface area contributed by atoms with Crippen molar-refractivity contribution in [1.82, 2.24) is 4.57 Å². The molecule has 3 aliphatic rings. The van der Waals surface area contributed by atoms with Gasteiger partial charge in [0.15, 0.2) is 11.7 Å². The van der Waals surface area contributed by atoms with Gasteiger partial charge in [-0.3, -0.25) is 5.41 Å². The highest BCUT2D eigenvalue weighted by Gasteiger charge is 2.51. The molecule has 2 heterocycles. The van der Waals surface area contributed by atoms with Crippen LogP contribution in [0.5, 0.6) is 0 Å². The van der Waals surface area contributed by atoms with Crippen LogP contribution in [0.15, 0.2) is 209 Å². The summed E-state index contributed by atoms with van der Waals surface area (Å²) in [5.74, 6) is 1.09. The summed E-state index contributed by atoms with van der Waals surface area (Å²) in [6, 6.07) is 69.3. The third-order valence-electron chi connectivity index (χ3n) is 15.3. The first kappa shape index (κ1) is 40.8. The summed E-state index contributed by atoms with van der Waals surface area (Å²) in [6.45, 7) is 5.98. The van der Waals surface area contributed by atoms with Crippen LogP contribution < -0.4 is 0 Å². The third kappa shape index (κ3) is 6.06. The Morgan fingerprint density at radius 2 is 1.14 bits per heavy atom. The fourth-order valence-corrected chi connectivity index (χ4v) is 12.0. The van der Waals surface area contributed by atoms with Crippen LogP contribution in [0.25, 0.3) is 77.1 Å². The molecule has 0 amide bonds. The van der Waals surface area contributed by atoms with Crippen molar-refractivity contribution >= 4 is 62.1 Å². The van der Waals surface area contributed by atoms with E-state index in [1.54, 1.807) is 0 Å². The van der Waals surface area contributed by atoms with Gasteiger partial charge in [0.1, 0.15) is 11.2 Å². The summed E-state index contributed by atoms with van der Waals surface area (Å²) in [5.41, 5.74) is 21.5. The quantitative estimate of drug-likeness (QED) is 0.139. The number of hydrogen-bond donors (Lipinski definition) is 1. The molecule has 1 N–H and O–H groups in total. The van der Waals surface area contributed by atoms with Crippen LogP contribution >= 0.6 is 0 Å². The summed E-state index contributed by atoms with van der Waals surface area (Å²) in [5, 5.41) is 13.6. The largest absolute Gasteiger partial charge is 0.456 e. The van der Waals surface area contributed by atoms with Gasteiger partial charge >= 0.3 is 0 Å². The lowest BCUT2D eigenvalue weighted by molar-refractivity contribution is 0.420. The van der Waals surface area contributed by atoms with Crippen molar-refractivity contribution in [2.45, 2.75) is 37.5 Å². The van der Waals surface area contributed by atoms with Crippen molar-refractivity contribution in [2.24, 2.45) is 17.0 Å². The van der Waals surface area contributed by atoms with Gasteiger partial charge in [-0.15, -0.1) is 0 Å². The highest BCUT2D eigenvalue weighted by molar-refractivity contribution is 6.15. The van der Waals surface area contributed by atoms with Gasteiger partial charge in [0.05, 0.1) is 5.41 Å². The predicted molar refractivity (Wildman–Crippen MR) is 287 cm³/mol. The molecule has 2 aromatic heterocycles. The number of aromatic nitrogens is 1. The second-order valence-corrected chi connectivity index (χ2v) is 18.8. The number of fused-ring (bicyclic) bond motifs is 16. The molecule has 11 aromatic rings. The summed E-state index contributed by atoms with van der Waals surface area (Å²) in [6.07, 6.45) is 3.54. The van der Waals surface area contributed by atoms with E-state index in [1.165, 1.54) is 95.0 Å². The third-order valence-corrected chi connectivity index (χ3v) is 15.3. The molecule has 1 spiro atoms. The van der Waals surface area contributed by atoms with E-state index >= 15 is 0 Å². The number of aliphatic imine (C=N–C) groups is 2. The molecule has 1 fully saturated rings. The zero-order chi connectivity index (χ0) is 46.4. The van der Waals surface area contributed by atoms with Gasteiger partial charge in [0.2, 0.25) is 0 Å². The number of nitrogens with zero attached hydrogens (tertiary/aromatic N) is 3. The number of aryl methyl sites for hydroxylation is 2. The number of furan rings is 1. The number of amidine groups is 2. The number of nitrogens with one attached hydrogen (secondary N) is 1. The fourth-order valence-electron chi connectivity index (χ4n) is 12.0. The maximum Gasteiger partial charge on any atom is 0.161 e. The molecule has 69 heavy (non-hydrogen) atoms. The van der Waals surface area contributed by atoms with Crippen molar-refractivity contribution in [3.05, 3.63) is 239 Å². The predicted octanol–water partition coefficient (Wildman–Crippen LogP) is 16.0. The Morgan fingerprint density at radius 1 is 0.551 bits per heavy atom. The molecule has 3 aliphatic carbocycles. The van der Waals surface area contributed by atoms with Gasteiger partial charge in [-0.2, -0.15) is 0 Å². The first-order valence-electron chi connectivity index (χ1n) is 24.0. The molecule has 0 bridgehead atoms. The summed E-state index contributed by atoms with van der Waals surface area (Å²) in [4.78, 5) is 9.00. The second kappa shape index (κ2) is 15.9. The van der Waals surface area contributed by atoms with Gasteiger partial charge in [-0.1, -0.05) is 164 Å². The zero-order valence-electron chi connectivity index (χ0n) is 38.6. The van der Waals surface area contributed by atoms with Gasteiger partial charge < -0.3 is 8.98 Å². The van der Waals surface area contributed by atoms with E-state index < -0.39 is 0 Å². The number of para-hydroxylation sites is 2. The first-order valence-corrected chi connectivity index (χ1v) is 24.0. The van der Waals surface area contributed by atoms with E-state index in [4.69, 9.17) is 9.83 Å². The molecule has 0 atom stereocenters. The van der Waals surface area contributed by atoms with Crippen LogP contribution in [0.3, 0.4) is 0 Å². The summed E-state index contributed by atoms with van der Waals surface area (Å²) in [7, 11) is 2.19.